The number of benzene rings is 2. The predicted octanol–water partition coefficient (Wildman–Crippen LogP) is 3.31. The minimum absolute atomic E-state index is 0.0956. The lowest BCUT2D eigenvalue weighted by atomic mass is 9.97. The topological polar surface area (TPSA) is 79.1 Å². The third-order valence-electron chi connectivity index (χ3n) is 3.57. The van der Waals surface area contributed by atoms with Crippen molar-refractivity contribution < 1.29 is 9.90 Å². The van der Waals surface area contributed by atoms with Crippen LogP contribution in [0.3, 0.4) is 0 Å². The highest BCUT2D eigenvalue weighted by atomic mass is 16.4. The number of para-hydroxylation sites is 1. The first-order valence-corrected chi connectivity index (χ1v) is 6.80. The number of hydrogen-bond donors (Lipinski definition) is 3. The van der Waals surface area contributed by atoms with Crippen LogP contribution in [0.25, 0.3) is 22.2 Å². The van der Waals surface area contributed by atoms with Crippen molar-refractivity contribution in [2.75, 3.05) is 0 Å². The van der Waals surface area contributed by atoms with E-state index in [1.165, 1.54) is 0 Å². The number of aromatic nitrogens is 1. The Morgan fingerprint density at radius 2 is 1.76 bits per heavy atom. The lowest BCUT2D eigenvalue weighted by Crippen LogP contribution is -2.15. The summed E-state index contributed by atoms with van der Waals surface area (Å²) in [6, 6.07) is 17.1. The number of nitrogens with one attached hydrogen (secondary N) is 1. The van der Waals surface area contributed by atoms with E-state index < -0.39 is 12.0 Å². The maximum absolute atomic E-state index is 11.0. The number of rotatable bonds is 4. The fourth-order valence-corrected chi connectivity index (χ4v) is 2.67. The van der Waals surface area contributed by atoms with Gasteiger partial charge in [-0.1, -0.05) is 48.5 Å². The number of fused-ring (bicyclic) bond motifs is 1. The molecule has 1 aromatic heterocycles. The third kappa shape index (κ3) is 2.53. The van der Waals surface area contributed by atoms with Gasteiger partial charge in [0.25, 0.3) is 0 Å². The summed E-state index contributed by atoms with van der Waals surface area (Å²) in [6.45, 7) is 0. The molecule has 0 radical (unpaired) electrons. The molecular weight excluding hydrogens is 264 g/mol. The van der Waals surface area contributed by atoms with E-state index in [0.717, 1.165) is 27.7 Å². The van der Waals surface area contributed by atoms with Gasteiger partial charge in [0.15, 0.2) is 0 Å². The van der Waals surface area contributed by atoms with Crippen molar-refractivity contribution in [2.45, 2.75) is 12.5 Å². The molecule has 4 N–H and O–H groups in total. The van der Waals surface area contributed by atoms with Crippen molar-refractivity contribution in [3.8, 4) is 11.3 Å². The fourth-order valence-electron chi connectivity index (χ4n) is 2.67. The molecule has 1 heterocycles. The van der Waals surface area contributed by atoms with E-state index in [1.807, 2.05) is 54.6 Å². The molecule has 106 valence electrons. The second kappa shape index (κ2) is 5.42. The van der Waals surface area contributed by atoms with E-state index in [1.54, 1.807) is 0 Å². The normalized spacial score (nSPS) is 12.4. The summed E-state index contributed by atoms with van der Waals surface area (Å²) in [5, 5.41) is 10.0. The number of hydrogen-bond acceptors (Lipinski definition) is 2. The number of carboxylic acids is 1. The Kier molecular flexibility index (Phi) is 3.46. The molecule has 0 aliphatic heterocycles. The van der Waals surface area contributed by atoms with Crippen LogP contribution in [0.4, 0.5) is 0 Å². The molecule has 21 heavy (non-hydrogen) atoms. The maximum atomic E-state index is 11.0. The molecule has 1 unspecified atom stereocenters. The van der Waals surface area contributed by atoms with Crippen LogP contribution in [0.15, 0.2) is 54.6 Å². The zero-order chi connectivity index (χ0) is 14.8. The number of aromatic amines is 1. The van der Waals surface area contributed by atoms with Gasteiger partial charge in [-0.15, -0.1) is 0 Å². The molecule has 0 saturated carbocycles. The molecule has 0 bridgehead atoms. The van der Waals surface area contributed by atoms with Crippen LogP contribution in [0.2, 0.25) is 0 Å². The summed E-state index contributed by atoms with van der Waals surface area (Å²) in [6.07, 6.45) is -0.0956. The standard InChI is InChI=1S/C17H16N2O2/c18-13(10-15(20)21)16-12-8-4-5-9-14(12)19-17(16)11-6-2-1-3-7-11/h1-9,13,19H,10,18H2,(H,20,21). The summed E-state index contributed by atoms with van der Waals surface area (Å²) in [7, 11) is 0. The van der Waals surface area contributed by atoms with Crippen LogP contribution in [0.5, 0.6) is 0 Å². The molecule has 0 aliphatic carbocycles. The van der Waals surface area contributed by atoms with Gasteiger partial charge in [-0.05, 0) is 11.6 Å². The molecule has 4 nitrogen and oxygen atoms in total. The van der Waals surface area contributed by atoms with Crippen LogP contribution in [-0.4, -0.2) is 16.1 Å². The highest BCUT2D eigenvalue weighted by molar-refractivity contribution is 5.91. The van der Waals surface area contributed by atoms with Crippen LogP contribution < -0.4 is 5.73 Å². The second-order valence-electron chi connectivity index (χ2n) is 5.03. The van der Waals surface area contributed by atoms with Gasteiger partial charge in [0, 0.05) is 22.5 Å². The molecule has 2 aromatic carbocycles. The first-order valence-electron chi connectivity index (χ1n) is 6.80. The van der Waals surface area contributed by atoms with Crippen molar-refractivity contribution in [3.05, 3.63) is 60.2 Å². The summed E-state index contributed by atoms with van der Waals surface area (Å²) < 4.78 is 0. The lowest BCUT2D eigenvalue weighted by Gasteiger charge is -2.11. The van der Waals surface area contributed by atoms with Crippen molar-refractivity contribution >= 4 is 16.9 Å². The lowest BCUT2D eigenvalue weighted by molar-refractivity contribution is -0.137. The highest BCUT2D eigenvalue weighted by Gasteiger charge is 2.20. The third-order valence-corrected chi connectivity index (χ3v) is 3.57. The van der Waals surface area contributed by atoms with E-state index in [9.17, 15) is 4.79 Å². The molecule has 3 aromatic rings. The van der Waals surface area contributed by atoms with Crippen molar-refractivity contribution in [1.82, 2.24) is 4.98 Å². The van der Waals surface area contributed by atoms with Crippen LogP contribution in [0, 0.1) is 0 Å². The quantitative estimate of drug-likeness (QED) is 0.686. The van der Waals surface area contributed by atoms with Gasteiger partial charge in [-0.2, -0.15) is 0 Å². The Bertz CT molecular complexity index is 778. The fraction of sp³-hybridized carbons (Fsp3) is 0.118. The number of carbonyl (C=O) groups is 1. The van der Waals surface area contributed by atoms with E-state index in [4.69, 9.17) is 10.8 Å². The van der Waals surface area contributed by atoms with Crippen molar-refractivity contribution in [3.63, 3.8) is 0 Å². The zero-order valence-electron chi connectivity index (χ0n) is 11.4. The van der Waals surface area contributed by atoms with Crippen LogP contribution in [0.1, 0.15) is 18.0 Å². The smallest absolute Gasteiger partial charge is 0.305 e. The van der Waals surface area contributed by atoms with Crippen molar-refractivity contribution in [2.24, 2.45) is 5.73 Å². The first kappa shape index (κ1) is 13.4. The number of aliphatic carboxylic acids is 1. The van der Waals surface area contributed by atoms with Crippen molar-refractivity contribution in [1.29, 1.82) is 0 Å². The van der Waals surface area contributed by atoms with Crippen LogP contribution >= 0.6 is 0 Å². The Balaban J connectivity index is 2.21. The summed E-state index contributed by atoms with van der Waals surface area (Å²) in [5.74, 6) is -0.896. The monoisotopic (exact) mass is 280 g/mol. The molecule has 0 spiro atoms. The zero-order valence-corrected chi connectivity index (χ0v) is 11.4. The Morgan fingerprint density at radius 3 is 2.48 bits per heavy atom. The van der Waals surface area contributed by atoms with E-state index in [0.29, 0.717) is 0 Å². The van der Waals surface area contributed by atoms with Gasteiger partial charge in [0.05, 0.1) is 12.1 Å². The average molecular weight is 280 g/mol. The first-order chi connectivity index (χ1) is 10.2. The van der Waals surface area contributed by atoms with E-state index in [-0.39, 0.29) is 6.42 Å². The Morgan fingerprint density at radius 1 is 1.10 bits per heavy atom. The minimum atomic E-state index is -0.896. The summed E-state index contributed by atoms with van der Waals surface area (Å²) >= 11 is 0. The summed E-state index contributed by atoms with van der Waals surface area (Å²) in [4.78, 5) is 14.4. The Labute approximate surface area is 122 Å². The number of H-pyrrole nitrogens is 1. The molecule has 0 aliphatic rings. The van der Waals surface area contributed by atoms with Gasteiger partial charge < -0.3 is 15.8 Å². The van der Waals surface area contributed by atoms with Gasteiger partial charge in [-0.3, -0.25) is 4.79 Å². The molecule has 1 atom stereocenters. The SMILES string of the molecule is NC(CC(=O)O)c1c(-c2ccccc2)[nH]c2ccccc12. The predicted molar refractivity (Wildman–Crippen MR) is 82.9 cm³/mol. The van der Waals surface area contributed by atoms with Gasteiger partial charge in [0.2, 0.25) is 0 Å². The minimum Gasteiger partial charge on any atom is -0.481 e. The van der Waals surface area contributed by atoms with E-state index in [2.05, 4.69) is 4.98 Å². The van der Waals surface area contributed by atoms with Gasteiger partial charge in [-0.25, -0.2) is 0 Å². The number of nitrogens with two attached hydrogens (primary N) is 1. The molecular formula is C17H16N2O2. The van der Waals surface area contributed by atoms with Gasteiger partial charge in [0.1, 0.15) is 0 Å². The molecule has 0 fully saturated rings. The highest BCUT2D eigenvalue weighted by Crippen LogP contribution is 2.34. The largest absolute Gasteiger partial charge is 0.481 e. The summed E-state index contributed by atoms with van der Waals surface area (Å²) in [5.41, 5.74) is 9.87. The van der Waals surface area contributed by atoms with E-state index >= 15 is 0 Å². The van der Waals surface area contributed by atoms with Crippen LogP contribution in [-0.2, 0) is 4.79 Å². The number of carboxylic acid groups (broad SMARTS) is 1. The van der Waals surface area contributed by atoms with Gasteiger partial charge >= 0.3 is 5.97 Å². The maximum Gasteiger partial charge on any atom is 0.305 e. The molecule has 0 saturated heterocycles. The molecule has 0 amide bonds. The molecule has 3 rings (SSSR count). The average Bonchev–Trinajstić information content (AvgIpc) is 2.87. The molecule has 4 heteroatoms. The Hall–Kier alpha value is -2.59. The second-order valence-corrected chi connectivity index (χ2v) is 5.03.